The molecule has 0 spiro atoms. The van der Waals surface area contributed by atoms with Crippen LogP contribution in [0.2, 0.25) is 5.02 Å². The van der Waals surface area contributed by atoms with Crippen molar-refractivity contribution in [3.8, 4) is 5.75 Å². The largest absolute Gasteiger partial charge is 0.483 e. The average molecular weight is 664 g/mol. The maximum atomic E-state index is 14.1. The Morgan fingerprint density at radius 1 is 1.00 bits per heavy atom. The van der Waals surface area contributed by atoms with Crippen LogP contribution in [-0.2, 0) is 19.1 Å². The Hall–Kier alpha value is -4.39. The molecule has 0 radical (unpaired) electrons. The number of nitrogens with zero attached hydrogens (tertiary/aromatic N) is 1. The summed E-state index contributed by atoms with van der Waals surface area (Å²) in [5.74, 6) is -3.23. The van der Waals surface area contributed by atoms with Crippen LogP contribution in [0.5, 0.6) is 5.75 Å². The van der Waals surface area contributed by atoms with Crippen LogP contribution in [0.25, 0.3) is 0 Å². The minimum absolute atomic E-state index is 0.213. The minimum Gasteiger partial charge on any atom is -0.483 e. The number of fused-ring (bicyclic) bond motifs is 2. The lowest BCUT2D eigenvalue weighted by Crippen LogP contribution is -2.32. The molecule has 6 rings (SSSR count). The summed E-state index contributed by atoms with van der Waals surface area (Å²) in [5, 5.41) is 2.77. The second-order valence-corrected chi connectivity index (χ2v) is 13.0. The number of thioether (sulfide) groups is 1. The molecule has 2 aliphatic rings. The van der Waals surface area contributed by atoms with Gasteiger partial charge in [-0.1, -0.05) is 52.4 Å². The lowest BCUT2D eigenvalue weighted by Gasteiger charge is -2.31. The summed E-state index contributed by atoms with van der Waals surface area (Å²) < 4.78 is 11.0. The number of hydrogen-bond acceptors (Lipinski definition) is 9. The fraction of sp³-hybridized carbons (Fsp3) is 0.219. The number of amides is 3. The van der Waals surface area contributed by atoms with Crippen molar-refractivity contribution >= 4 is 69.8 Å². The molecule has 4 aromatic rings. The molecule has 230 valence electrons. The van der Waals surface area contributed by atoms with E-state index in [-0.39, 0.29) is 23.7 Å². The van der Waals surface area contributed by atoms with Crippen LogP contribution in [0.15, 0.2) is 76.6 Å². The van der Waals surface area contributed by atoms with Crippen LogP contribution in [0.3, 0.4) is 0 Å². The third-order valence-corrected chi connectivity index (χ3v) is 10.1. The first-order valence-corrected chi connectivity index (χ1v) is 16.1. The molecule has 2 unspecified atom stereocenters. The number of imide groups is 1. The number of aromatic nitrogens is 1. The molecular formula is C32H26ClN3O7S2. The van der Waals surface area contributed by atoms with E-state index in [1.165, 1.54) is 24.3 Å². The molecule has 10 nitrogen and oxygen atoms in total. The van der Waals surface area contributed by atoms with Crippen molar-refractivity contribution in [2.75, 3.05) is 23.4 Å². The van der Waals surface area contributed by atoms with Crippen molar-refractivity contribution in [3.63, 3.8) is 0 Å². The molecule has 13 heteroatoms. The molecule has 45 heavy (non-hydrogen) atoms. The zero-order chi connectivity index (χ0) is 31.8. The zero-order valence-electron chi connectivity index (χ0n) is 24.0. The van der Waals surface area contributed by atoms with Crippen molar-refractivity contribution in [3.05, 3.63) is 103 Å². The molecule has 3 aromatic carbocycles. The third kappa shape index (κ3) is 6.00. The molecule has 1 aromatic heterocycles. The van der Waals surface area contributed by atoms with E-state index in [0.717, 1.165) is 33.6 Å². The highest BCUT2D eigenvalue weighted by Gasteiger charge is 2.57. The van der Waals surface area contributed by atoms with E-state index in [4.69, 9.17) is 21.1 Å². The number of esters is 1. The van der Waals surface area contributed by atoms with Gasteiger partial charge in [0, 0.05) is 27.1 Å². The highest BCUT2D eigenvalue weighted by atomic mass is 35.5. The molecule has 1 saturated heterocycles. The van der Waals surface area contributed by atoms with Crippen molar-refractivity contribution in [2.45, 2.75) is 30.0 Å². The second-order valence-electron chi connectivity index (χ2n) is 10.4. The van der Waals surface area contributed by atoms with Crippen molar-refractivity contribution in [2.24, 2.45) is 5.92 Å². The second kappa shape index (κ2) is 12.5. The fourth-order valence-electron chi connectivity index (χ4n) is 5.44. The number of anilines is 2. The lowest BCUT2D eigenvalue weighted by molar-refractivity contribution is -0.122. The van der Waals surface area contributed by atoms with Gasteiger partial charge in [-0.2, -0.15) is 0 Å². The maximum absolute atomic E-state index is 14.1. The van der Waals surface area contributed by atoms with E-state index >= 15 is 0 Å². The zero-order valence-corrected chi connectivity index (χ0v) is 26.4. The van der Waals surface area contributed by atoms with Crippen LogP contribution in [0.1, 0.15) is 39.2 Å². The number of benzene rings is 3. The summed E-state index contributed by atoms with van der Waals surface area (Å²) in [6.45, 7) is 3.53. The topological polar surface area (TPSA) is 135 Å². The predicted molar refractivity (Wildman–Crippen MR) is 172 cm³/mol. The number of rotatable bonds is 8. The van der Waals surface area contributed by atoms with Gasteiger partial charge in [0.1, 0.15) is 11.0 Å². The predicted octanol–water partition coefficient (Wildman–Crippen LogP) is 5.39. The van der Waals surface area contributed by atoms with Gasteiger partial charge in [0.2, 0.25) is 11.8 Å². The molecule has 0 saturated carbocycles. The molecular weight excluding hydrogens is 638 g/mol. The summed E-state index contributed by atoms with van der Waals surface area (Å²) in [4.78, 5) is 69.5. The summed E-state index contributed by atoms with van der Waals surface area (Å²) in [6.07, 6.45) is 0. The van der Waals surface area contributed by atoms with E-state index in [0.29, 0.717) is 37.6 Å². The molecule has 0 bridgehead atoms. The number of hydrogen-bond donors (Lipinski definition) is 2. The number of ether oxygens (including phenoxy) is 2. The normalized spacial score (nSPS) is 18.7. The molecule has 1 fully saturated rings. The number of nitrogens with one attached hydrogen (secondary N) is 2. The highest BCUT2D eigenvalue weighted by Crippen LogP contribution is 2.54. The van der Waals surface area contributed by atoms with Gasteiger partial charge in [0.25, 0.3) is 5.91 Å². The number of H-pyrrole nitrogens is 1. The average Bonchev–Trinajstić information content (AvgIpc) is 3.51. The first-order chi connectivity index (χ1) is 21.6. The Balaban J connectivity index is 1.33. The van der Waals surface area contributed by atoms with Crippen LogP contribution >= 0.6 is 34.7 Å². The highest BCUT2D eigenvalue weighted by molar-refractivity contribution is 8.00. The Labute approximate surface area is 270 Å². The Bertz CT molecular complexity index is 1870. The molecule has 3 heterocycles. The number of thiazole rings is 1. The first-order valence-electron chi connectivity index (χ1n) is 14.0. The standard InChI is InChI=1S/C32H26ClN3O7S2/c1-3-42-31(40)17-6-11-20(12-7-17)36-29(38)25-24(26-28(35-32(41)45-26)44-27(25)30(36)39)21-14-18(33)8-13-22(21)43-15-23(37)34-19-9-4-16(2)5-10-19/h4-14,24-25,27H,3,15H2,1-2H3,(H,34,37)(H,35,41)/t24-,25?,27?/m1/s1. The van der Waals surface area contributed by atoms with E-state index < -0.39 is 40.8 Å². The van der Waals surface area contributed by atoms with Gasteiger partial charge >= 0.3 is 10.8 Å². The number of halogens is 1. The summed E-state index contributed by atoms with van der Waals surface area (Å²) >= 11 is 8.52. The SMILES string of the molecule is CCOC(=O)c1ccc(N2C(=O)C3Sc4[nH]c(=O)sc4[C@H](c4cc(Cl)ccc4OCC(=O)Nc4ccc(C)cc4)C3C2=O)cc1. The van der Waals surface area contributed by atoms with Gasteiger partial charge in [0.05, 0.1) is 28.8 Å². The van der Waals surface area contributed by atoms with Gasteiger partial charge in [0.15, 0.2) is 6.61 Å². The number of aryl methyl sites for hydroxylation is 1. The summed E-state index contributed by atoms with van der Waals surface area (Å²) in [7, 11) is 0. The number of carbonyl (C=O) groups excluding carboxylic acids is 4. The molecule has 2 N–H and O–H groups in total. The van der Waals surface area contributed by atoms with E-state index in [2.05, 4.69) is 10.3 Å². The molecule has 3 atom stereocenters. The van der Waals surface area contributed by atoms with E-state index in [1.807, 2.05) is 19.1 Å². The van der Waals surface area contributed by atoms with Gasteiger partial charge < -0.3 is 19.8 Å². The molecule has 2 aliphatic heterocycles. The fourth-order valence-corrected chi connectivity index (χ4v) is 8.13. The first kappa shape index (κ1) is 30.6. The van der Waals surface area contributed by atoms with Crippen LogP contribution < -0.4 is 19.8 Å². The van der Waals surface area contributed by atoms with E-state index in [9.17, 15) is 24.0 Å². The number of aromatic amines is 1. The quantitative estimate of drug-likeness (QED) is 0.189. The maximum Gasteiger partial charge on any atom is 0.338 e. The van der Waals surface area contributed by atoms with Crippen LogP contribution in [-0.4, -0.2) is 47.1 Å². The van der Waals surface area contributed by atoms with Gasteiger partial charge in [-0.05, 0) is 68.4 Å². The van der Waals surface area contributed by atoms with Crippen molar-refractivity contribution in [1.82, 2.24) is 4.98 Å². The van der Waals surface area contributed by atoms with Crippen molar-refractivity contribution in [1.29, 1.82) is 0 Å². The van der Waals surface area contributed by atoms with E-state index in [1.54, 1.807) is 37.3 Å². The lowest BCUT2D eigenvalue weighted by atomic mass is 9.82. The van der Waals surface area contributed by atoms with Crippen LogP contribution in [0.4, 0.5) is 11.4 Å². The minimum atomic E-state index is -0.909. The summed E-state index contributed by atoms with van der Waals surface area (Å²) in [6, 6.07) is 18.2. The Kier molecular flexibility index (Phi) is 8.54. The van der Waals surface area contributed by atoms with Crippen LogP contribution in [0, 0.1) is 12.8 Å². The third-order valence-electron chi connectivity index (χ3n) is 7.46. The molecule has 3 amide bonds. The van der Waals surface area contributed by atoms with Gasteiger partial charge in [-0.15, -0.1) is 0 Å². The van der Waals surface area contributed by atoms with Crippen molar-refractivity contribution < 1.29 is 28.7 Å². The summed E-state index contributed by atoms with van der Waals surface area (Å²) in [5.41, 5.74) is 2.73. The van der Waals surface area contributed by atoms with Gasteiger partial charge in [-0.25, -0.2) is 9.69 Å². The number of carbonyl (C=O) groups is 4. The Morgan fingerprint density at radius 3 is 2.44 bits per heavy atom. The monoisotopic (exact) mass is 663 g/mol. The van der Waals surface area contributed by atoms with Gasteiger partial charge in [-0.3, -0.25) is 19.2 Å². The molecule has 0 aliphatic carbocycles. The Morgan fingerprint density at radius 2 is 1.73 bits per heavy atom. The smallest absolute Gasteiger partial charge is 0.338 e.